The molecular formula is C15H13BrN2O. The number of aryl methyl sites for hydroxylation is 2. The first-order valence-electron chi connectivity index (χ1n) is 5.98. The Morgan fingerprint density at radius 3 is 2.68 bits per heavy atom. The molecule has 3 nitrogen and oxygen atoms in total. The van der Waals surface area contributed by atoms with Crippen molar-refractivity contribution in [1.29, 1.82) is 0 Å². The molecule has 0 radical (unpaired) electrons. The Labute approximate surface area is 119 Å². The zero-order valence-electron chi connectivity index (χ0n) is 10.7. The fourth-order valence-corrected chi connectivity index (χ4v) is 2.61. The Kier molecular flexibility index (Phi) is 2.82. The Balaban J connectivity index is 2.23. The molecule has 0 aliphatic carbocycles. The summed E-state index contributed by atoms with van der Waals surface area (Å²) in [6.45, 7) is 4.11. The van der Waals surface area contributed by atoms with E-state index in [-0.39, 0.29) is 0 Å². The average Bonchev–Trinajstić information content (AvgIpc) is 2.78. The maximum atomic E-state index is 5.90. The summed E-state index contributed by atoms with van der Waals surface area (Å²) in [6.07, 6.45) is 0. The number of benzene rings is 2. The summed E-state index contributed by atoms with van der Waals surface area (Å²) < 4.78 is 6.79. The van der Waals surface area contributed by atoms with Gasteiger partial charge in [-0.05, 0) is 65.2 Å². The normalized spacial score (nSPS) is 11.1. The van der Waals surface area contributed by atoms with Crippen LogP contribution in [0, 0.1) is 13.8 Å². The molecule has 0 fully saturated rings. The third kappa shape index (κ3) is 2.02. The van der Waals surface area contributed by atoms with Gasteiger partial charge < -0.3 is 10.2 Å². The minimum atomic E-state index is 0.607. The number of anilines is 1. The van der Waals surface area contributed by atoms with E-state index in [4.69, 9.17) is 10.2 Å². The van der Waals surface area contributed by atoms with Gasteiger partial charge in [-0.1, -0.05) is 6.07 Å². The zero-order chi connectivity index (χ0) is 13.6. The lowest BCUT2D eigenvalue weighted by atomic mass is 10.1. The van der Waals surface area contributed by atoms with E-state index in [1.54, 1.807) is 0 Å². The molecule has 0 atom stereocenters. The smallest absolute Gasteiger partial charge is 0.228 e. The molecule has 0 aliphatic heterocycles. The van der Waals surface area contributed by atoms with E-state index in [9.17, 15) is 0 Å². The molecule has 0 bridgehead atoms. The number of rotatable bonds is 1. The number of oxazole rings is 1. The Morgan fingerprint density at radius 2 is 1.95 bits per heavy atom. The largest absolute Gasteiger partial charge is 0.436 e. The van der Waals surface area contributed by atoms with Crippen LogP contribution in [0.5, 0.6) is 0 Å². The second-order valence-electron chi connectivity index (χ2n) is 4.61. The van der Waals surface area contributed by atoms with E-state index in [1.165, 1.54) is 5.56 Å². The number of aromatic nitrogens is 1. The molecule has 19 heavy (non-hydrogen) atoms. The van der Waals surface area contributed by atoms with Gasteiger partial charge in [0.05, 0.1) is 5.56 Å². The molecule has 0 saturated carbocycles. The van der Waals surface area contributed by atoms with Gasteiger partial charge in [0.2, 0.25) is 5.89 Å². The van der Waals surface area contributed by atoms with E-state index in [2.05, 4.69) is 33.9 Å². The SMILES string of the molecule is Cc1ccc2nc(-c3ccc(N)cc3Br)oc2c1C. The Hall–Kier alpha value is -1.81. The molecule has 0 spiro atoms. The van der Waals surface area contributed by atoms with E-state index in [0.717, 1.165) is 26.7 Å². The first-order valence-corrected chi connectivity index (χ1v) is 6.77. The zero-order valence-corrected chi connectivity index (χ0v) is 12.3. The van der Waals surface area contributed by atoms with Gasteiger partial charge in [-0.25, -0.2) is 4.98 Å². The van der Waals surface area contributed by atoms with Crippen molar-refractivity contribution in [2.24, 2.45) is 0 Å². The minimum Gasteiger partial charge on any atom is -0.436 e. The van der Waals surface area contributed by atoms with E-state index >= 15 is 0 Å². The lowest BCUT2D eigenvalue weighted by molar-refractivity contribution is 0.616. The fourth-order valence-electron chi connectivity index (χ4n) is 2.04. The maximum absolute atomic E-state index is 5.90. The molecule has 1 heterocycles. The first-order chi connectivity index (χ1) is 9.06. The minimum absolute atomic E-state index is 0.607. The summed E-state index contributed by atoms with van der Waals surface area (Å²) >= 11 is 3.49. The summed E-state index contributed by atoms with van der Waals surface area (Å²) in [5, 5.41) is 0. The maximum Gasteiger partial charge on any atom is 0.228 e. The molecule has 96 valence electrons. The van der Waals surface area contributed by atoms with E-state index in [1.807, 2.05) is 31.2 Å². The molecule has 2 aromatic carbocycles. The summed E-state index contributed by atoms with van der Waals surface area (Å²) in [7, 11) is 0. The fraction of sp³-hybridized carbons (Fsp3) is 0.133. The lowest BCUT2D eigenvalue weighted by Gasteiger charge is -2.00. The molecule has 3 rings (SSSR count). The van der Waals surface area contributed by atoms with Crippen molar-refractivity contribution < 1.29 is 4.42 Å². The standard InChI is InChI=1S/C15H13BrN2O/c1-8-3-6-13-14(9(8)2)19-15(18-13)11-5-4-10(17)7-12(11)16/h3-7H,17H2,1-2H3. The van der Waals surface area contributed by atoms with Crippen LogP contribution in [0.3, 0.4) is 0 Å². The predicted molar refractivity (Wildman–Crippen MR) is 81.0 cm³/mol. The van der Waals surface area contributed by atoms with E-state index in [0.29, 0.717) is 11.6 Å². The van der Waals surface area contributed by atoms with Crippen LogP contribution < -0.4 is 5.73 Å². The highest BCUT2D eigenvalue weighted by atomic mass is 79.9. The molecular weight excluding hydrogens is 304 g/mol. The van der Waals surface area contributed by atoms with Crippen molar-refractivity contribution in [2.75, 3.05) is 5.73 Å². The number of nitrogens with two attached hydrogens (primary N) is 1. The van der Waals surface area contributed by atoms with Crippen LogP contribution in [0.2, 0.25) is 0 Å². The quantitative estimate of drug-likeness (QED) is 0.674. The topological polar surface area (TPSA) is 52.0 Å². The van der Waals surface area contributed by atoms with Gasteiger partial charge in [0.15, 0.2) is 5.58 Å². The highest BCUT2D eigenvalue weighted by Gasteiger charge is 2.13. The molecule has 0 unspecified atom stereocenters. The molecule has 0 amide bonds. The Morgan fingerprint density at radius 1 is 1.16 bits per heavy atom. The summed E-state index contributed by atoms with van der Waals surface area (Å²) in [5.41, 5.74) is 11.4. The molecule has 3 aromatic rings. The highest BCUT2D eigenvalue weighted by Crippen LogP contribution is 2.33. The highest BCUT2D eigenvalue weighted by molar-refractivity contribution is 9.10. The van der Waals surface area contributed by atoms with Crippen LogP contribution >= 0.6 is 15.9 Å². The summed E-state index contributed by atoms with van der Waals surface area (Å²) in [5.74, 6) is 0.607. The number of halogens is 1. The van der Waals surface area contributed by atoms with Gasteiger partial charge in [-0.15, -0.1) is 0 Å². The van der Waals surface area contributed by atoms with Gasteiger partial charge in [-0.3, -0.25) is 0 Å². The lowest BCUT2D eigenvalue weighted by Crippen LogP contribution is -1.86. The van der Waals surface area contributed by atoms with Crippen LogP contribution in [0.4, 0.5) is 5.69 Å². The first kappa shape index (κ1) is 12.2. The van der Waals surface area contributed by atoms with E-state index < -0.39 is 0 Å². The predicted octanol–water partition coefficient (Wildman–Crippen LogP) is 4.46. The monoisotopic (exact) mass is 316 g/mol. The summed E-state index contributed by atoms with van der Waals surface area (Å²) in [4.78, 5) is 4.54. The second-order valence-corrected chi connectivity index (χ2v) is 5.47. The number of hydrogen-bond acceptors (Lipinski definition) is 3. The van der Waals surface area contributed by atoms with Crippen molar-refractivity contribution in [2.45, 2.75) is 13.8 Å². The van der Waals surface area contributed by atoms with Crippen LogP contribution in [0.25, 0.3) is 22.6 Å². The van der Waals surface area contributed by atoms with Gasteiger partial charge in [0, 0.05) is 10.2 Å². The van der Waals surface area contributed by atoms with Crippen LogP contribution in [-0.2, 0) is 0 Å². The van der Waals surface area contributed by atoms with Crippen molar-refractivity contribution in [3.8, 4) is 11.5 Å². The molecule has 0 saturated heterocycles. The van der Waals surface area contributed by atoms with Crippen molar-refractivity contribution in [3.05, 3.63) is 45.9 Å². The van der Waals surface area contributed by atoms with Crippen molar-refractivity contribution in [1.82, 2.24) is 4.98 Å². The van der Waals surface area contributed by atoms with Crippen LogP contribution in [0.1, 0.15) is 11.1 Å². The van der Waals surface area contributed by atoms with Crippen LogP contribution in [0.15, 0.2) is 39.2 Å². The number of hydrogen-bond donors (Lipinski definition) is 1. The van der Waals surface area contributed by atoms with Gasteiger partial charge in [0.25, 0.3) is 0 Å². The van der Waals surface area contributed by atoms with Crippen molar-refractivity contribution >= 4 is 32.7 Å². The Bertz CT molecular complexity index is 777. The third-order valence-corrected chi connectivity index (χ3v) is 3.96. The molecule has 4 heteroatoms. The molecule has 1 aromatic heterocycles. The number of nitrogens with zero attached hydrogens (tertiary/aromatic N) is 1. The third-order valence-electron chi connectivity index (χ3n) is 3.30. The molecule has 0 aliphatic rings. The average molecular weight is 317 g/mol. The van der Waals surface area contributed by atoms with Gasteiger partial charge in [0.1, 0.15) is 5.52 Å². The van der Waals surface area contributed by atoms with Crippen molar-refractivity contribution in [3.63, 3.8) is 0 Å². The van der Waals surface area contributed by atoms with Gasteiger partial charge >= 0.3 is 0 Å². The van der Waals surface area contributed by atoms with Crippen LogP contribution in [-0.4, -0.2) is 4.98 Å². The number of fused-ring (bicyclic) bond motifs is 1. The van der Waals surface area contributed by atoms with Gasteiger partial charge in [-0.2, -0.15) is 0 Å². The molecule has 2 N–H and O–H groups in total. The summed E-state index contributed by atoms with van der Waals surface area (Å²) in [6, 6.07) is 9.64. The second kappa shape index (κ2) is 4.38. The number of nitrogen functional groups attached to an aromatic ring is 1.